The maximum atomic E-state index is 5.69. The van der Waals surface area contributed by atoms with E-state index < -0.39 is 0 Å². The van der Waals surface area contributed by atoms with Gasteiger partial charge in [0.2, 0.25) is 5.89 Å². The van der Waals surface area contributed by atoms with Crippen LogP contribution in [0.25, 0.3) is 0 Å². The maximum absolute atomic E-state index is 5.69. The standard InChI is InChI=1S/C11H19N3O/c1-2-3-9(7-12)11-13-10(14-15-11)6-8-4-5-8/h8-9H,2-7,12H2,1H3. The minimum absolute atomic E-state index is 0.246. The highest BCUT2D eigenvalue weighted by Gasteiger charge is 2.25. The minimum atomic E-state index is 0.246. The van der Waals surface area contributed by atoms with Crippen molar-refractivity contribution in [3.8, 4) is 0 Å². The van der Waals surface area contributed by atoms with Crippen LogP contribution in [-0.4, -0.2) is 16.7 Å². The highest BCUT2D eigenvalue weighted by atomic mass is 16.5. The molecule has 4 heteroatoms. The Kier molecular flexibility index (Phi) is 3.36. The number of hydrogen-bond acceptors (Lipinski definition) is 4. The van der Waals surface area contributed by atoms with Gasteiger partial charge in [0.1, 0.15) is 0 Å². The Morgan fingerprint density at radius 3 is 2.93 bits per heavy atom. The number of rotatable bonds is 6. The van der Waals surface area contributed by atoms with Gasteiger partial charge in [-0.2, -0.15) is 4.98 Å². The molecule has 0 bridgehead atoms. The van der Waals surface area contributed by atoms with E-state index in [1.807, 2.05) is 0 Å². The van der Waals surface area contributed by atoms with Gasteiger partial charge in [0.05, 0.1) is 5.92 Å². The Bertz CT molecular complexity index is 307. The van der Waals surface area contributed by atoms with Crippen molar-refractivity contribution in [3.63, 3.8) is 0 Å². The Morgan fingerprint density at radius 2 is 2.33 bits per heavy atom. The zero-order valence-electron chi connectivity index (χ0n) is 9.28. The smallest absolute Gasteiger partial charge is 0.231 e. The van der Waals surface area contributed by atoms with Crippen molar-refractivity contribution in [1.82, 2.24) is 10.1 Å². The minimum Gasteiger partial charge on any atom is -0.339 e. The van der Waals surface area contributed by atoms with Gasteiger partial charge in [0, 0.05) is 13.0 Å². The van der Waals surface area contributed by atoms with Crippen molar-refractivity contribution in [2.75, 3.05) is 6.54 Å². The van der Waals surface area contributed by atoms with E-state index in [0.717, 1.165) is 36.9 Å². The molecule has 0 aromatic carbocycles. The van der Waals surface area contributed by atoms with Crippen molar-refractivity contribution < 1.29 is 4.52 Å². The fourth-order valence-electron chi connectivity index (χ4n) is 1.79. The van der Waals surface area contributed by atoms with Crippen molar-refractivity contribution in [2.45, 2.75) is 44.9 Å². The molecule has 15 heavy (non-hydrogen) atoms. The molecule has 1 saturated carbocycles. The van der Waals surface area contributed by atoms with Gasteiger partial charge in [-0.05, 0) is 25.2 Å². The third kappa shape index (κ3) is 2.78. The van der Waals surface area contributed by atoms with Gasteiger partial charge in [-0.3, -0.25) is 0 Å². The molecule has 84 valence electrons. The Hall–Kier alpha value is -0.900. The van der Waals surface area contributed by atoms with E-state index >= 15 is 0 Å². The number of aromatic nitrogens is 2. The van der Waals surface area contributed by atoms with Gasteiger partial charge in [-0.1, -0.05) is 18.5 Å². The van der Waals surface area contributed by atoms with Gasteiger partial charge in [-0.25, -0.2) is 0 Å². The molecule has 0 radical (unpaired) electrons. The van der Waals surface area contributed by atoms with Crippen molar-refractivity contribution in [1.29, 1.82) is 0 Å². The van der Waals surface area contributed by atoms with Crippen LogP contribution in [-0.2, 0) is 6.42 Å². The molecule has 1 aliphatic rings. The van der Waals surface area contributed by atoms with E-state index in [1.165, 1.54) is 12.8 Å². The summed E-state index contributed by atoms with van der Waals surface area (Å²) in [5, 5.41) is 4.01. The van der Waals surface area contributed by atoms with E-state index in [0.29, 0.717) is 6.54 Å². The average Bonchev–Trinajstić information content (AvgIpc) is 2.92. The van der Waals surface area contributed by atoms with Crippen LogP contribution >= 0.6 is 0 Å². The molecule has 1 heterocycles. The summed E-state index contributed by atoms with van der Waals surface area (Å²) in [6, 6.07) is 0. The van der Waals surface area contributed by atoms with Gasteiger partial charge in [0.25, 0.3) is 0 Å². The Balaban J connectivity index is 1.96. The van der Waals surface area contributed by atoms with Crippen LogP contribution in [0.2, 0.25) is 0 Å². The van der Waals surface area contributed by atoms with Crippen molar-refractivity contribution in [2.24, 2.45) is 11.7 Å². The van der Waals surface area contributed by atoms with Crippen LogP contribution in [0.5, 0.6) is 0 Å². The fraction of sp³-hybridized carbons (Fsp3) is 0.818. The van der Waals surface area contributed by atoms with E-state index in [1.54, 1.807) is 0 Å². The largest absolute Gasteiger partial charge is 0.339 e. The summed E-state index contributed by atoms with van der Waals surface area (Å²) in [5.74, 6) is 2.64. The SMILES string of the molecule is CCCC(CN)c1nc(CC2CC2)no1. The summed E-state index contributed by atoms with van der Waals surface area (Å²) >= 11 is 0. The molecule has 0 amide bonds. The van der Waals surface area contributed by atoms with Crippen LogP contribution in [0.4, 0.5) is 0 Å². The summed E-state index contributed by atoms with van der Waals surface area (Å²) in [6.07, 6.45) is 5.75. The predicted molar refractivity (Wildman–Crippen MR) is 57.4 cm³/mol. The lowest BCUT2D eigenvalue weighted by Gasteiger charge is -2.06. The summed E-state index contributed by atoms with van der Waals surface area (Å²) in [5.41, 5.74) is 5.69. The lowest BCUT2D eigenvalue weighted by atomic mass is 10.0. The van der Waals surface area contributed by atoms with E-state index in [9.17, 15) is 0 Å². The second-order valence-electron chi connectivity index (χ2n) is 4.42. The second-order valence-corrected chi connectivity index (χ2v) is 4.42. The molecule has 1 fully saturated rings. The Labute approximate surface area is 90.2 Å². The van der Waals surface area contributed by atoms with Crippen LogP contribution in [0.3, 0.4) is 0 Å². The maximum Gasteiger partial charge on any atom is 0.231 e. The summed E-state index contributed by atoms with van der Waals surface area (Å²) in [6.45, 7) is 2.74. The molecule has 0 saturated heterocycles. The first-order chi connectivity index (χ1) is 7.33. The van der Waals surface area contributed by atoms with Crippen LogP contribution in [0, 0.1) is 5.92 Å². The van der Waals surface area contributed by atoms with Crippen LogP contribution < -0.4 is 5.73 Å². The lowest BCUT2D eigenvalue weighted by Crippen LogP contribution is -2.12. The highest BCUT2D eigenvalue weighted by Crippen LogP contribution is 2.32. The normalized spacial score (nSPS) is 18.0. The zero-order valence-corrected chi connectivity index (χ0v) is 9.28. The lowest BCUT2D eigenvalue weighted by molar-refractivity contribution is 0.343. The van der Waals surface area contributed by atoms with E-state index in [-0.39, 0.29) is 5.92 Å². The zero-order chi connectivity index (χ0) is 10.7. The predicted octanol–water partition coefficient (Wildman–Crippen LogP) is 1.86. The average molecular weight is 209 g/mol. The van der Waals surface area contributed by atoms with E-state index in [2.05, 4.69) is 17.1 Å². The number of nitrogens with two attached hydrogens (primary N) is 1. The molecule has 1 unspecified atom stereocenters. The third-order valence-corrected chi connectivity index (χ3v) is 2.92. The van der Waals surface area contributed by atoms with Crippen LogP contribution in [0.15, 0.2) is 4.52 Å². The second kappa shape index (κ2) is 4.75. The molecule has 1 aliphatic carbocycles. The van der Waals surface area contributed by atoms with Gasteiger partial charge in [-0.15, -0.1) is 0 Å². The monoisotopic (exact) mass is 209 g/mol. The molecular formula is C11H19N3O. The molecule has 1 aromatic heterocycles. The molecule has 0 spiro atoms. The topological polar surface area (TPSA) is 64.9 Å². The van der Waals surface area contributed by atoms with Gasteiger partial charge in [0.15, 0.2) is 5.82 Å². The van der Waals surface area contributed by atoms with Crippen molar-refractivity contribution >= 4 is 0 Å². The summed E-state index contributed by atoms with van der Waals surface area (Å²) in [7, 11) is 0. The first kappa shape index (κ1) is 10.6. The van der Waals surface area contributed by atoms with Crippen LogP contribution in [0.1, 0.15) is 50.2 Å². The Morgan fingerprint density at radius 1 is 1.53 bits per heavy atom. The summed E-state index contributed by atoms with van der Waals surface area (Å²) < 4.78 is 5.26. The first-order valence-electron chi connectivity index (χ1n) is 5.86. The van der Waals surface area contributed by atoms with E-state index in [4.69, 9.17) is 10.3 Å². The number of nitrogens with zero attached hydrogens (tertiary/aromatic N) is 2. The van der Waals surface area contributed by atoms with Crippen molar-refractivity contribution in [3.05, 3.63) is 11.7 Å². The molecule has 2 N–H and O–H groups in total. The van der Waals surface area contributed by atoms with Gasteiger partial charge < -0.3 is 10.3 Å². The molecule has 1 atom stereocenters. The quantitative estimate of drug-likeness (QED) is 0.776. The fourth-order valence-corrected chi connectivity index (χ4v) is 1.79. The molecular weight excluding hydrogens is 190 g/mol. The summed E-state index contributed by atoms with van der Waals surface area (Å²) in [4.78, 5) is 4.42. The molecule has 0 aliphatic heterocycles. The molecule has 4 nitrogen and oxygen atoms in total. The van der Waals surface area contributed by atoms with Gasteiger partial charge >= 0.3 is 0 Å². The molecule has 2 rings (SSSR count). The molecule has 1 aromatic rings. The third-order valence-electron chi connectivity index (χ3n) is 2.92. The first-order valence-corrected chi connectivity index (χ1v) is 5.86. The highest BCUT2D eigenvalue weighted by molar-refractivity contribution is 4.97. The number of hydrogen-bond donors (Lipinski definition) is 1.